The Bertz CT molecular complexity index is 664. The molecule has 5 nitrogen and oxygen atoms in total. The van der Waals surface area contributed by atoms with Gasteiger partial charge in [-0.3, -0.25) is 10.9 Å². The second kappa shape index (κ2) is 7.50. The van der Waals surface area contributed by atoms with Gasteiger partial charge in [-0.2, -0.15) is 5.10 Å². The van der Waals surface area contributed by atoms with E-state index in [4.69, 9.17) is 0 Å². The van der Waals surface area contributed by atoms with Crippen LogP contribution in [0.25, 0.3) is 0 Å². The molecule has 0 aliphatic carbocycles. The lowest BCUT2D eigenvalue weighted by atomic mass is 9.81. The second-order valence-electron chi connectivity index (χ2n) is 7.36. The Morgan fingerprint density at radius 1 is 1.04 bits per heavy atom. The first kappa shape index (κ1) is 16.5. The van der Waals surface area contributed by atoms with Gasteiger partial charge in [0.2, 0.25) is 0 Å². The Balaban J connectivity index is 1.35. The molecule has 2 unspecified atom stereocenters. The second-order valence-corrected chi connectivity index (χ2v) is 7.36. The minimum Gasteiger partial charge on any atom is -0.355 e. The van der Waals surface area contributed by atoms with E-state index in [1.165, 1.54) is 18.4 Å². The minimum absolute atomic E-state index is 0.562. The highest BCUT2D eigenvalue weighted by Gasteiger charge is 2.35. The number of piperidine rings is 1. The number of hydrogen-bond donors (Lipinski definition) is 2. The standard InChI is InChI=1S/C20H27N5/c1-15-7-8-19(23-22-15)25-11-9-17(10-12-25)20-18(14-21-24-20)13-16-5-3-2-4-6-16/h2-8,17-18,20-21,24H,9-14H2,1H3. The van der Waals surface area contributed by atoms with E-state index in [1.54, 1.807) is 0 Å². The van der Waals surface area contributed by atoms with Gasteiger partial charge < -0.3 is 4.90 Å². The highest BCUT2D eigenvalue weighted by atomic mass is 15.4. The number of aromatic nitrogens is 2. The molecule has 0 amide bonds. The van der Waals surface area contributed by atoms with Crippen LogP contribution in [0, 0.1) is 18.8 Å². The Morgan fingerprint density at radius 2 is 1.84 bits per heavy atom. The van der Waals surface area contributed by atoms with Crippen molar-refractivity contribution in [2.24, 2.45) is 11.8 Å². The molecule has 2 N–H and O–H groups in total. The highest BCUT2D eigenvalue weighted by Crippen LogP contribution is 2.29. The number of rotatable bonds is 4. The lowest BCUT2D eigenvalue weighted by Gasteiger charge is -2.36. The van der Waals surface area contributed by atoms with E-state index in [1.807, 2.05) is 13.0 Å². The van der Waals surface area contributed by atoms with Crippen molar-refractivity contribution in [2.75, 3.05) is 24.5 Å². The summed E-state index contributed by atoms with van der Waals surface area (Å²) in [5, 5.41) is 8.54. The summed E-state index contributed by atoms with van der Waals surface area (Å²) in [6.07, 6.45) is 3.57. The van der Waals surface area contributed by atoms with Crippen LogP contribution >= 0.6 is 0 Å². The van der Waals surface area contributed by atoms with E-state index in [9.17, 15) is 0 Å². The third-order valence-corrected chi connectivity index (χ3v) is 5.64. The van der Waals surface area contributed by atoms with Gasteiger partial charge >= 0.3 is 0 Å². The summed E-state index contributed by atoms with van der Waals surface area (Å²) < 4.78 is 0. The van der Waals surface area contributed by atoms with E-state index in [-0.39, 0.29) is 0 Å². The summed E-state index contributed by atoms with van der Waals surface area (Å²) in [4.78, 5) is 2.37. The van der Waals surface area contributed by atoms with E-state index in [0.29, 0.717) is 12.0 Å². The lowest BCUT2D eigenvalue weighted by Crippen LogP contribution is -2.45. The van der Waals surface area contributed by atoms with Gasteiger partial charge in [0.25, 0.3) is 0 Å². The van der Waals surface area contributed by atoms with E-state index in [2.05, 4.69) is 62.3 Å². The molecule has 0 bridgehead atoms. The van der Waals surface area contributed by atoms with E-state index >= 15 is 0 Å². The SMILES string of the molecule is Cc1ccc(N2CCC(C3NNCC3Cc3ccccc3)CC2)nn1. The number of hydrazine groups is 1. The predicted molar refractivity (Wildman–Crippen MR) is 100 cm³/mol. The summed E-state index contributed by atoms with van der Waals surface area (Å²) >= 11 is 0. The molecule has 132 valence electrons. The van der Waals surface area contributed by atoms with Crippen molar-refractivity contribution in [2.45, 2.75) is 32.2 Å². The van der Waals surface area contributed by atoms with Gasteiger partial charge in [0.05, 0.1) is 5.69 Å². The summed E-state index contributed by atoms with van der Waals surface area (Å²) in [6, 6.07) is 15.6. The first-order valence-corrected chi connectivity index (χ1v) is 9.37. The molecule has 2 aliphatic rings. The fourth-order valence-electron chi connectivity index (χ4n) is 4.22. The lowest BCUT2D eigenvalue weighted by molar-refractivity contribution is 0.267. The van der Waals surface area contributed by atoms with Crippen molar-refractivity contribution in [1.29, 1.82) is 0 Å². The number of anilines is 1. The van der Waals surface area contributed by atoms with Crippen molar-refractivity contribution in [3.05, 3.63) is 53.7 Å². The molecule has 0 saturated carbocycles. The zero-order chi connectivity index (χ0) is 17.1. The number of benzene rings is 1. The largest absolute Gasteiger partial charge is 0.355 e. The van der Waals surface area contributed by atoms with Crippen LogP contribution in [0.4, 0.5) is 5.82 Å². The maximum atomic E-state index is 4.34. The van der Waals surface area contributed by atoms with Gasteiger partial charge in [0.15, 0.2) is 5.82 Å². The maximum absolute atomic E-state index is 4.34. The van der Waals surface area contributed by atoms with Gasteiger partial charge in [-0.15, -0.1) is 5.10 Å². The maximum Gasteiger partial charge on any atom is 0.151 e. The average Bonchev–Trinajstić information content (AvgIpc) is 3.11. The molecule has 0 spiro atoms. The fourth-order valence-corrected chi connectivity index (χ4v) is 4.22. The monoisotopic (exact) mass is 337 g/mol. The van der Waals surface area contributed by atoms with Crippen molar-refractivity contribution in [3.8, 4) is 0 Å². The molecule has 2 aromatic rings. The fraction of sp³-hybridized carbons (Fsp3) is 0.500. The Hall–Kier alpha value is -1.98. The van der Waals surface area contributed by atoms with Gasteiger partial charge in [0.1, 0.15) is 0 Å². The van der Waals surface area contributed by atoms with Crippen LogP contribution in [0.15, 0.2) is 42.5 Å². The summed E-state index contributed by atoms with van der Waals surface area (Å²) in [7, 11) is 0. The van der Waals surface area contributed by atoms with Crippen molar-refractivity contribution in [3.63, 3.8) is 0 Å². The van der Waals surface area contributed by atoms with Crippen LogP contribution in [0.2, 0.25) is 0 Å². The third kappa shape index (κ3) is 3.83. The van der Waals surface area contributed by atoms with E-state index in [0.717, 1.165) is 43.5 Å². The zero-order valence-electron chi connectivity index (χ0n) is 14.9. The molecule has 3 heterocycles. The molecule has 5 heteroatoms. The molecule has 2 atom stereocenters. The van der Waals surface area contributed by atoms with Gasteiger partial charge in [-0.1, -0.05) is 30.3 Å². The highest BCUT2D eigenvalue weighted by molar-refractivity contribution is 5.37. The molecule has 2 aliphatic heterocycles. The first-order chi connectivity index (χ1) is 12.3. The van der Waals surface area contributed by atoms with Crippen LogP contribution < -0.4 is 15.8 Å². The smallest absolute Gasteiger partial charge is 0.151 e. The van der Waals surface area contributed by atoms with Gasteiger partial charge in [-0.25, -0.2) is 0 Å². The van der Waals surface area contributed by atoms with Crippen LogP contribution in [0.5, 0.6) is 0 Å². The van der Waals surface area contributed by atoms with Crippen LogP contribution in [-0.4, -0.2) is 35.9 Å². The molecular weight excluding hydrogens is 310 g/mol. The number of aryl methyl sites for hydroxylation is 1. The number of nitrogens with one attached hydrogen (secondary N) is 2. The molecule has 1 aromatic carbocycles. The summed E-state index contributed by atoms with van der Waals surface area (Å²) in [5.74, 6) is 2.40. The molecule has 0 radical (unpaired) electrons. The number of nitrogens with zero attached hydrogens (tertiary/aromatic N) is 3. The Labute approximate surface area is 149 Å². The van der Waals surface area contributed by atoms with Crippen LogP contribution in [0.3, 0.4) is 0 Å². The molecule has 2 fully saturated rings. The zero-order valence-corrected chi connectivity index (χ0v) is 14.9. The van der Waals surface area contributed by atoms with Gasteiger partial charge in [0, 0.05) is 25.7 Å². The molecular formula is C20H27N5. The minimum atomic E-state index is 0.562. The van der Waals surface area contributed by atoms with Gasteiger partial charge in [-0.05, 0) is 55.7 Å². The van der Waals surface area contributed by atoms with E-state index < -0.39 is 0 Å². The first-order valence-electron chi connectivity index (χ1n) is 9.37. The third-order valence-electron chi connectivity index (χ3n) is 5.64. The topological polar surface area (TPSA) is 53.1 Å². The molecule has 2 saturated heterocycles. The quantitative estimate of drug-likeness (QED) is 0.897. The summed E-state index contributed by atoms with van der Waals surface area (Å²) in [5.41, 5.74) is 9.38. The normalized spacial score (nSPS) is 24.6. The predicted octanol–water partition coefficient (Wildman–Crippen LogP) is 2.34. The van der Waals surface area contributed by atoms with Crippen LogP contribution in [0.1, 0.15) is 24.1 Å². The molecule has 25 heavy (non-hydrogen) atoms. The van der Waals surface area contributed by atoms with Crippen molar-refractivity contribution >= 4 is 5.82 Å². The Morgan fingerprint density at radius 3 is 2.56 bits per heavy atom. The van der Waals surface area contributed by atoms with Crippen molar-refractivity contribution < 1.29 is 0 Å². The Kier molecular flexibility index (Phi) is 4.95. The van der Waals surface area contributed by atoms with Crippen LogP contribution in [-0.2, 0) is 6.42 Å². The molecule has 4 rings (SSSR count). The van der Waals surface area contributed by atoms with Crippen molar-refractivity contribution in [1.82, 2.24) is 21.0 Å². The average molecular weight is 337 g/mol. The summed E-state index contributed by atoms with van der Waals surface area (Å²) in [6.45, 7) is 5.18. The number of hydrogen-bond acceptors (Lipinski definition) is 5. The molecule has 1 aromatic heterocycles.